The molecule has 1 nitrogen and oxygen atoms in total. The van der Waals surface area contributed by atoms with Gasteiger partial charge in [-0.3, -0.25) is 4.79 Å². The van der Waals surface area contributed by atoms with E-state index in [-0.39, 0.29) is 5.78 Å². The molecule has 1 heterocycles. The minimum absolute atomic E-state index is 0.0129. The van der Waals surface area contributed by atoms with Crippen molar-refractivity contribution in [3.63, 3.8) is 0 Å². The summed E-state index contributed by atoms with van der Waals surface area (Å²) < 4.78 is 3.57. The molecule has 0 radical (unpaired) electrons. The van der Waals surface area contributed by atoms with Gasteiger partial charge in [0, 0.05) is 19.0 Å². The Labute approximate surface area is 142 Å². The molecule has 0 N–H and O–H groups in total. The third-order valence-corrected chi connectivity index (χ3v) is 7.13. The van der Waals surface area contributed by atoms with E-state index >= 15 is 0 Å². The molecule has 2 aromatic rings. The summed E-state index contributed by atoms with van der Waals surface area (Å²) in [5.74, 6) is 0.0129. The minimum Gasteiger partial charge on any atom is -0.288 e. The van der Waals surface area contributed by atoms with E-state index in [4.69, 9.17) is 0 Å². The summed E-state index contributed by atoms with van der Waals surface area (Å²) in [5, 5.41) is 0. The van der Waals surface area contributed by atoms with E-state index in [2.05, 4.69) is 63.7 Å². The highest BCUT2D eigenvalue weighted by Crippen LogP contribution is 2.35. The van der Waals surface area contributed by atoms with Crippen LogP contribution in [0.1, 0.15) is 20.8 Å². The van der Waals surface area contributed by atoms with Crippen molar-refractivity contribution < 1.29 is 4.79 Å². The Kier molecular flexibility index (Phi) is 4.86. The maximum atomic E-state index is 12.4. The van der Waals surface area contributed by atoms with Crippen molar-refractivity contribution in [1.29, 1.82) is 0 Å². The van der Waals surface area contributed by atoms with E-state index < -0.39 is 0 Å². The van der Waals surface area contributed by atoms with Crippen LogP contribution in [0.5, 0.6) is 0 Å². The molecule has 0 aliphatic carbocycles. The molecular formula is C12H6Br4OS. The van der Waals surface area contributed by atoms with Gasteiger partial charge in [0.05, 0.1) is 8.66 Å². The molecule has 6 heteroatoms. The number of ketones is 1. The van der Waals surface area contributed by atoms with Crippen LogP contribution >= 0.6 is 75.1 Å². The molecule has 0 fully saturated rings. The van der Waals surface area contributed by atoms with Crippen LogP contribution in [0.4, 0.5) is 0 Å². The van der Waals surface area contributed by atoms with Crippen molar-refractivity contribution in [3.8, 4) is 0 Å². The molecule has 18 heavy (non-hydrogen) atoms. The van der Waals surface area contributed by atoms with Crippen LogP contribution in [0, 0.1) is 6.92 Å². The standard InChI is InChI=1S/C12H6Br4OS/c1-5-2-8(14)6(3-7(5)13)11(17)10-4-9(15)12(16)18-10/h2-4H,1H3. The van der Waals surface area contributed by atoms with Crippen molar-refractivity contribution >= 4 is 80.8 Å². The number of carbonyl (C=O) groups is 1. The zero-order valence-corrected chi connectivity index (χ0v) is 16.2. The van der Waals surface area contributed by atoms with Crippen LogP contribution in [0.25, 0.3) is 0 Å². The van der Waals surface area contributed by atoms with Crippen molar-refractivity contribution in [3.05, 3.63) is 51.4 Å². The molecule has 0 amide bonds. The number of hydrogen-bond acceptors (Lipinski definition) is 2. The largest absolute Gasteiger partial charge is 0.288 e. The van der Waals surface area contributed by atoms with Gasteiger partial charge in [-0.25, -0.2) is 0 Å². The fourth-order valence-electron chi connectivity index (χ4n) is 1.41. The van der Waals surface area contributed by atoms with Gasteiger partial charge in [-0.2, -0.15) is 0 Å². The van der Waals surface area contributed by atoms with Crippen LogP contribution in [0.2, 0.25) is 0 Å². The van der Waals surface area contributed by atoms with Gasteiger partial charge in [0.15, 0.2) is 0 Å². The van der Waals surface area contributed by atoms with Crippen LogP contribution in [0.3, 0.4) is 0 Å². The topological polar surface area (TPSA) is 17.1 Å². The molecule has 1 aromatic carbocycles. The average Bonchev–Trinajstić information content (AvgIpc) is 2.63. The van der Waals surface area contributed by atoms with E-state index in [1.54, 1.807) is 0 Å². The van der Waals surface area contributed by atoms with Crippen molar-refractivity contribution in [1.82, 2.24) is 0 Å². The third-order valence-electron chi connectivity index (χ3n) is 2.36. The summed E-state index contributed by atoms with van der Waals surface area (Å²) in [7, 11) is 0. The number of halogens is 4. The summed E-state index contributed by atoms with van der Waals surface area (Å²) in [6.07, 6.45) is 0. The lowest BCUT2D eigenvalue weighted by Gasteiger charge is -2.05. The summed E-state index contributed by atoms with van der Waals surface area (Å²) in [6, 6.07) is 5.62. The number of aryl methyl sites for hydroxylation is 1. The quantitative estimate of drug-likeness (QED) is 0.425. The zero-order valence-electron chi connectivity index (χ0n) is 9.06. The Balaban J connectivity index is 2.49. The number of benzene rings is 1. The number of hydrogen-bond donors (Lipinski definition) is 0. The molecule has 0 saturated carbocycles. The monoisotopic (exact) mass is 514 g/mol. The molecule has 0 unspecified atom stereocenters. The normalized spacial score (nSPS) is 10.7. The Bertz CT molecular complexity index is 614. The van der Waals surface area contributed by atoms with Gasteiger partial charge >= 0.3 is 0 Å². The van der Waals surface area contributed by atoms with Crippen LogP contribution < -0.4 is 0 Å². The highest BCUT2D eigenvalue weighted by Gasteiger charge is 2.17. The molecule has 0 saturated heterocycles. The van der Waals surface area contributed by atoms with Gasteiger partial charge in [0.25, 0.3) is 0 Å². The second-order valence-electron chi connectivity index (χ2n) is 3.64. The van der Waals surface area contributed by atoms with Crippen LogP contribution in [-0.2, 0) is 0 Å². The number of rotatable bonds is 2. The molecular weight excluding hydrogens is 512 g/mol. The number of thiophene rings is 1. The minimum atomic E-state index is 0.0129. The van der Waals surface area contributed by atoms with E-state index in [1.165, 1.54) is 11.3 Å². The first-order valence-electron chi connectivity index (χ1n) is 4.85. The van der Waals surface area contributed by atoms with Crippen LogP contribution in [-0.4, -0.2) is 5.78 Å². The van der Waals surface area contributed by atoms with Crippen molar-refractivity contribution in [2.24, 2.45) is 0 Å². The van der Waals surface area contributed by atoms with E-state index in [0.29, 0.717) is 10.4 Å². The molecule has 0 bridgehead atoms. The second kappa shape index (κ2) is 5.87. The average molecular weight is 518 g/mol. The van der Waals surface area contributed by atoms with Gasteiger partial charge in [0.1, 0.15) is 0 Å². The smallest absolute Gasteiger partial charge is 0.204 e. The zero-order chi connectivity index (χ0) is 13.4. The molecule has 0 aliphatic rings. The van der Waals surface area contributed by atoms with Crippen LogP contribution in [0.15, 0.2) is 35.4 Å². The lowest BCUT2D eigenvalue weighted by molar-refractivity contribution is 0.104. The fraction of sp³-hybridized carbons (Fsp3) is 0.0833. The van der Waals surface area contributed by atoms with E-state index in [0.717, 1.165) is 22.8 Å². The summed E-state index contributed by atoms with van der Waals surface area (Å²) in [6.45, 7) is 1.99. The first-order chi connectivity index (χ1) is 8.40. The van der Waals surface area contributed by atoms with E-state index in [1.807, 2.05) is 25.1 Å². The third kappa shape index (κ3) is 2.98. The van der Waals surface area contributed by atoms with Gasteiger partial charge in [0.2, 0.25) is 5.78 Å². The van der Waals surface area contributed by atoms with E-state index in [9.17, 15) is 4.79 Å². The lowest BCUT2D eigenvalue weighted by atomic mass is 10.1. The molecule has 0 aliphatic heterocycles. The number of carbonyl (C=O) groups excluding carboxylic acids is 1. The highest BCUT2D eigenvalue weighted by atomic mass is 79.9. The Morgan fingerprint density at radius 2 is 1.67 bits per heavy atom. The maximum Gasteiger partial charge on any atom is 0.204 e. The predicted octanol–water partition coefficient (Wildman–Crippen LogP) is 6.34. The van der Waals surface area contributed by atoms with Crippen molar-refractivity contribution in [2.75, 3.05) is 0 Å². The summed E-state index contributed by atoms with van der Waals surface area (Å²) in [4.78, 5) is 13.1. The summed E-state index contributed by atoms with van der Waals surface area (Å²) >= 11 is 15.1. The summed E-state index contributed by atoms with van der Waals surface area (Å²) in [5.41, 5.74) is 1.75. The highest BCUT2D eigenvalue weighted by molar-refractivity contribution is 9.13. The lowest BCUT2D eigenvalue weighted by Crippen LogP contribution is -2.00. The first-order valence-corrected chi connectivity index (χ1v) is 8.84. The molecule has 94 valence electrons. The SMILES string of the molecule is Cc1cc(Br)c(C(=O)c2cc(Br)c(Br)s2)cc1Br. The molecule has 1 aromatic heterocycles. The predicted molar refractivity (Wildman–Crippen MR) is 89.7 cm³/mol. The molecule has 0 atom stereocenters. The van der Waals surface area contributed by atoms with Gasteiger partial charge < -0.3 is 0 Å². The van der Waals surface area contributed by atoms with Gasteiger partial charge in [-0.1, -0.05) is 31.9 Å². The van der Waals surface area contributed by atoms with Gasteiger partial charge in [-0.15, -0.1) is 11.3 Å². The maximum absolute atomic E-state index is 12.4. The molecule has 0 spiro atoms. The molecule has 2 rings (SSSR count). The Morgan fingerprint density at radius 1 is 1.00 bits per heavy atom. The van der Waals surface area contributed by atoms with Gasteiger partial charge in [-0.05, 0) is 62.5 Å². The van der Waals surface area contributed by atoms with Crippen molar-refractivity contribution in [2.45, 2.75) is 6.92 Å². The Hall–Kier alpha value is 0.510. The first kappa shape index (κ1) is 14.9. The second-order valence-corrected chi connectivity index (χ2v) is 8.58. The Morgan fingerprint density at radius 3 is 2.22 bits per heavy atom. The fourth-order valence-corrected chi connectivity index (χ4v) is 4.38.